The molecule has 0 bridgehead atoms. The molecule has 0 saturated carbocycles. The second-order valence-corrected chi connectivity index (χ2v) is 11.2. The molecule has 9 nitrogen and oxygen atoms in total. The van der Waals surface area contributed by atoms with Crippen LogP contribution in [0.5, 0.6) is 0 Å². The Hall–Kier alpha value is -2.54. The van der Waals surface area contributed by atoms with Crippen LogP contribution in [-0.4, -0.2) is 32.1 Å². The summed E-state index contributed by atoms with van der Waals surface area (Å²) in [5.74, 6) is -0.831. The number of sulfone groups is 1. The minimum Gasteiger partial charge on any atom is -0.326 e. The Balaban J connectivity index is 1.76. The van der Waals surface area contributed by atoms with Crippen LogP contribution in [0.25, 0.3) is 0 Å². The number of hydrogen-bond acceptors (Lipinski definition) is 8. The van der Waals surface area contributed by atoms with Crippen LogP contribution in [0.2, 0.25) is 5.02 Å². The molecule has 0 fully saturated rings. The van der Waals surface area contributed by atoms with E-state index in [1.54, 1.807) is 13.0 Å². The fourth-order valence-electron chi connectivity index (χ4n) is 2.60. The number of nitrogens with zero attached hydrogens (tertiary/aromatic N) is 2. The molecule has 0 radical (unpaired) electrons. The topological polar surface area (TPSA) is 135 Å². The molecule has 0 aliphatic carbocycles. The number of halogens is 1. The average molecular weight is 501 g/mol. The fourth-order valence-corrected chi connectivity index (χ4v) is 6.18. The van der Waals surface area contributed by atoms with Crippen molar-refractivity contribution in [3.8, 4) is 0 Å². The number of amides is 1. The van der Waals surface area contributed by atoms with Crippen molar-refractivity contribution < 1.29 is 21.6 Å². The Bertz CT molecular complexity index is 1340. The summed E-state index contributed by atoms with van der Waals surface area (Å²) in [4.78, 5) is 15.1. The van der Waals surface area contributed by atoms with Gasteiger partial charge in [-0.3, -0.25) is 9.52 Å². The first-order valence-electron chi connectivity index (χ1n) is 8.69. The second kappa shape index (κ2) is 8.91. The van der Waals surface area contributed by atoms with E-state index in [1.807, 2.05) is 0 Å². The molecule has 1 heterocycles. The molecule has 3 aromatic rings. The number of nitrogens with one attached hydrogen (secondary N) is 2. The highest BCUT2D eigenvalue weighted by Gasteiger charge is 2.22. The van der Waals surface area contributed by atoms with Gasteiger partial charge in [0.05, 0.1) is 9.79 Å². The summed E-state index contributed by atoms with van der Waals surface area (Å²) in [6, 6.07) is 10.1. The van der Waals surface area contributed by atoms with E-state index in [0.29, 0.717) is 16.3 Å². The highest BCUT2D eigenvalue weighted by molar-refractivity contribution is 7.93. The average Bonchev–Trinajstić information content (AvgIpc) is 3.09. The molecular weight excluding hydrogens is 484 g/mol. The number of hydrogen-bond donors (Lipinski definition) is 2. The van der Waals surface area contributed by atoms with Crippen molar-refractivity contribution in [2.45, 2.75) is 29.4 Å². The molecule has 0 unspecified atom stereocenters. The highest BCUT2D eigenvalue weighted by Crippen LogP contribution is 2.26. The van der Waals surface area contributed by atoms with E-state index >= 15 is 0 Å². The van der Waals surface area contributed by atoms with Gasteiger partial charge in [-0.2, -0.15) is 4.37 Å². The summed E-state index contributed by atoms with van der Waals surface area (Å²) in [6.07, 6.45) is 0. The summed E-state index contributed by atoms with van der Waals surface area (Å²) in [5.41, 5.74) is 0.845. The van der Waals surface area contributed by atoms with Crippen molar-refractivity contribution >= 4 is 59.7 Å². The van der Waals surface area contributed by atoms with Crippen molar-refractivity contribution in [2.75, 3.05) is 10.0 Å². The van der Waals surface area contributed by atoms with Crippen LogP contribution >= 0.6 is 23.1 Å². The first kappa shape index (κ1) is 23.1. The summed E-state index contributed by atoms with van der Waals surface area (Å²) in [6.45, 7) is 2.92. The number of carbonyl (C=O) groups excluding carboxylic acids is 1. The number of aromatic nitrogens is 2. The van der Waals surface area contributed by atoms with Crippen molar-refractivity contribution in [2.24, 2.45) is 0 Å². The summed E-state index contributed by atoms with van der Waals surface area (Å²) >= 11 is 6.72. The maximum Gasteiger partial charge on any atom is 0.264 e. The van der Waals surface area contributed by atoms with E-state index in [-0.39, 0.29) is 26.7 Å². The van der Waals surface area contributed by atoms with Gasteiger partial charge in [0.1, 0.15) is 5.75 Å². The van der Waals surface area contributed by atoms with Gasteiger partial charge in [-0.1, -0.05) is 17.7 Å². The van der Waals surface area contributed by atoms with Crippen LogP contribution in [0.3, 0.4) is 0 Å². The molecule has 2 N–H and O–H groups in total. The van der Waals surface area contributed by atoms with Crippen LogP contribution < -0.4 is 10.0 Å². The first-order valence-corrected chi connectivity index (χ1v) is 13.0. The van der Waals surface area contributed by atoms with E-state index in [9.17, 15) is 21.6 Å². The first-order chi connectivity index (χ1) is 14.5. The number of benzene rings is 2. The van der Waals surface area contributed by atoms with Gasteiger partial charge < -0.3 is 5.32 Å². The van der Waals surface area contributed by atoms with E-state index in [1.165, 1.54) is 43.3 Å². The predicted molar refractivity (Wildman–Crippen MR) is 119 cm³/mol. The SMILES string of the molecule is CC(=O)Nc1ccc(S(=O)(=O)Cc2nsc(NS(=O)(=O)c3cccc(Cl)c3C)n2)cc1. The second-order valence-electron chi connectivity index (χ2n) is 6.45. The molecule has 13 heteroatoms. The van der Waals surface area contributed by atoms with Gasteiger partial charge in [-0.25, -0.2) is 21.8 Å². The van der Waals surface area contributed by atoms with Crippen LogP contribution in [-0.2, 0) is 30.4 Å². The minimum atomic E-state index is -3.97. The zero-order chi connectivity index (χ0) is 22.8. The van der Waals surface area contributed by atoms with Crippen molar-refractivity contribution in [1.82, 2.24) is 9.36 Å². The van der Waals surface area contributed by atoms with Gasteiger partial charge in [0.15, 0.2) is 15.7 Å². The Kier molecular flexibility index (Phi) is 6.65. The van der Waals surface area contributed by atoms with E-state index < -0.39 is 25.6 Å². The molecule has 1 amide bonds. The van der Waals surface area contributed by atoms with Gasteiger partial charge >= 0.3 is 0 Å². The van der Waals surface area contributed by atoms with Gasteiger partial charge in [0.25, 0.3) is 10.0 Å². The highest BCUT2D eigenvalue weighted by atomic mass is 35.5. The Labute approximate surface area is 188 Å². The Morgan fingerprint density at radius 2 is 1.77 bits per heavy atom. The molecule has 0 aliphatic rings. The minimum absolute atomic E-state index is 0.0105. The van der Waals surface area contributed by atoms with Crippen molar-refractivity contribution in [3.05, 3.63) is 58.9 Å². The fraction of sp³-hybridized carbons (Fsp3) is 0.167. The smallest absolute Gasteiger partial charge is 0.264 e. The monoisotopic (exact) mass is 500 g/mol. The van der Waals surface area contributed by atoms with E-state index in [2.05, 4.69) is 19.4 Å². The van der Waals surface area contributed by atoms with Gasteiger partial charge in [-0.05, 0) is 48.9 Å². The standard InChI is InChI=1S/C18H17ClN4O5S3/c1-11-15(19)4-3-5-16(11)31(27,28)23-18-21-17(22-29-18)10-30(25,26)14-8-6-13(7-9-14)20-12(2)24/h3-9H,10H2,1-2H3,(H,20,24)(H,21,22,23). The largest absolute Gasteiger partial charge is 0.326 e. The molecule has 0 spiro atoms. The summed E-state index contributed by atoms with van der Waals surface area (Å²) < 4.78 is 56.7. The third-order valence-corrected chi connectivity index (χ3v) is 8.37. The molecular formula is C18H17ClN4O5S3. The molecule has 2 aromatic carbocycles. The maximum atomic E-state index is 12.6. The van der Waals surface area contributed by atoms with Crippen LogP contribution in [0.4, 0.5) is 10.8 Å². The zero-order valence-electron chi connectivity index (χ0n) is 16.3. The number of carbonyl (C=O) groups is 1. The van der Waals surface area contributed by atoms with E-state index in [0.717, 1.165) is 11.5 Å². The summed E-state index contributed by atoms with van der Waals surface area (Å²) in [7, 11) is -7.75. The molecule has 31 heavy (non-hydrogen) atoms. The Morgan fingerprint density at radius 3 is 2.42 bits per heavy atom. The lowest BCUT2D eigenvalue weighted by Crippen LogP contribution is -2.14. The molecule has 3 rings (SSSR count). The molecule has 0 saturated heterocycles. The lowest BCUT2D eigenvalue weighted by Gasteiger charge is -2.08. The van der Waals surface area contributed by atoms with Gasteiger partial charge in [-0.15, -0.1) is 0 Å². The molecule has 0 aliphatic heterocycles. The number of sulfonamides is 1. The number of anilines is 2. The van der Waals surface area contributed by atoms with Crippen LogP contribution in [0.1, 0.15) is 18.3 Å². The quantitative estimate of drug-likeness (QED) is 0.508. The third-order valence-electron chi connectivity index (χ3n) is 4.05. The van der Waals surface area contributed by atoms with E-state index in [4.69, 9.17) is 11.6 Å². The van der Waals surface area contributed by atoms with Gasteiger partial charge in [0.2, 0.25) is 11.0 Å². The van der Waals surface area contributed by atoms with Gasteiger partial charge in [0, 0.05) is 29.2 Å². The maximum absolute atomic E-state index is 12.6. The molecule has 164 valence electrons. The number of rotatable bonds is 7. The lowest BCUT2D eigenvalue weighted by atomic mass is 10.2. The van der Waals surface area contributed by atoms with Crippen molar-refractivity contribution in [1.29, 1.82) is 0 Å². The molecule has 1 aromatic heterocycles. The molecule has 0 atom stereocenters. The zero-order valence-corrected chi connectivity index (χ0v) is 19.5. The Morgan fingerprint density at radius 1 is 1.10 bits per heavy atom. The van der Waals surface area contributed by atoms with Crippen molar-refractivity contribution in [3.63, 3.8) is 0 Å². The predicted octanol–water partition coefficient (Wildman–Crippen LogP) is 3.23. The normalized spacial score (nSPS) is 11.8. The summed E-state index contributed by atoms with van der Waals surface area (Å²) in [5, 5.41) is 2.79. The van der Waals surface area contributed by atoms with Crippen LogP contribution in [0.15, 0.2) is 52.3 Å². The lowest BCUT2D eigenvalue weighted by molar-refractivity contribution is -0.114. The van der Waals surface area contributed by atoms with Crippen LogP contribution in [0, 0.1) is 6.92 Å². The third kappa shape index (κ3) is 5.58.